The number of nitrogens with zero attached hydrogens (tertiary/aromatic N) is 1. The van der Waals surface area contributed by atoms with Gasteiger partial charge in [0.2, 0.25) is 5.88 Å². The molecule has 0 atom stereocenters. The van der Waals surface area contributed by atoms with Crippen molar-refractivity contribution in [2.45, 2.75) is 0 Å². The Hall–Kier alpha value is -1.66. The Kier molecular flexibility index (Phi) is 4.01. The van der Waals surface area contributed by atoms with Gasteiger partial charge in [0.1, 0.15) is 17.4 Å². The van der Waals surface area contributed by atoms with Crippen molar-refractivity contribution in [2.75, 3.05) is 0 Å². The molecule has 0 saturated carbocycles. The van der Waals surface area contributed by atoms with E-state index in [-0.39, 0.29) is 22.5 Å². The van der Waals surface area contributed by atoms with Crippen molar-refractivity contribution >= 4 is 33.4 Å². The van der Waals surface area contributed by atoms with Crippen LogP contribution in [0.4, 0.5) is 4.39 Å². The zero-order valence-electron chi connectivity index (χ0n) is 9.45. The molecule has 1 heterocycles. The number of hydrogen-bond acceptors (Lipinski definition) is 3. The standard InChI is InChI=1S/C12H8BrClFN3O/c13-7-4-8(14)9(15)5-10(7)19-12-6(11(16)17)2-1-3-18-12/h1-5H,(H3,16,17). The average Bonchev–Trinajstić information content (AvgIpc) is 2.36. The van der Waals surface area contributed by atoms with Crippen LogP contribution in [0.5, 0.6) is 11.6 Å². The first kappa shape index (κ1) is 13.8. The van der Waals surface area contributed by atoms with E-state index in [1.165, 1.54) is 12.3 Å². The SMILES string of the molecule is N=C(N)c1cccnc1Oc1cc(F)c(Cl)cc1Br. The number of benzene rings is 1. The van der Waals surface area contributed by atoms with E-state index >= 15 is 0 Å². The summed E-state index contributed by atoms with van der Waals surface area (Å²) in [5, 5.41) is 7.40. The van der Waals surface area contributed by atoms with E-state index in [0.29, 0.717) is 10.0 Å². The number of ether oxygens (including phenoxy) is 1. The minimum atomic E-state index is -0.611. The molecule has 1 aromatic heterocycles. The number of hydrogen-bond donors (Lipinski definition) is 2. The lowest BCUT2D eigenvalue weighted by molar-refractivity contribution is 0.454. The Balaban J connectivity index is 2.42. The van der Waals surface area contributed by atoms with Gasteiger partial charge in [-0.3, -0.25) is 5.41 Å². The maximum absolute atomic E-state index is 13.4. The first-order valence-electron chi connectivity index (χ1n) is 5.11. The number of nitrogens with one attached hydrogen (secondary N) is 1. The van der Waals surface area contributed by atoms with Crippen LogP contribution >= 0.6 is 27.5 Å². The molecule has 2 aromatic rings. The summed E-state index contributed by atoms with van der Waals surface area (Å²) >= 11 is 8.85. The zero-order chi connectivity index (χ0) is 14.0. The molecule has 1 aromatic carbocycles. The van der Waals surface area contributed by atoms with E-state index in [4.69, 9.17) is 27.5 Å². The van der Waals surface area contributed by atoms with Crippen LogP contribution in [0.15, 0.2) is 34.9 Å². The molecule has 19 heavy (non-hydrogen) atoms. The van der Waals surface area contributed by atoms with Gasteiger partial charge in [0.15, 0.2) is 0 Å². The third-order valence-corrected chi connectivity index (χ3v) is 3.15. The largest absolute Gasteiger partial charge is 0.437 e. The predicted octanol–water partition coefficient (Wildman–Crippen LogP) is 3.71. The summed E-state index contributed by atoms with van der Waals surface area (Å²) in [7, 11) is 0. The highest BCUT2D eigenvalue weighted by atomic mass is 79.9. The van der Waals surface area contributed by atoms with E-state index in [2.05, 4.69) is 20.9 Å². The lowest BCUT2D eigenvalue weighted by atomic mass is 10.2. The molecule has 0 radical (unpaired) electrons. The van der Waals surface area contributed by atoms with Crippen LogP contribution < -0.4 is 10.5 Å². The smallest absolute Gasteiger partial charge is 0.230 e. The molecular formula is C12H8BrClFN3O. The maximum Gasteiger partial charge on any atom is 0.230 e. The van der Waals surface area contributed by atoms with Crippen molar-refractivity contribution < 1.29 is 9.13 Å². The fourth-order valence-corrected chi connectivity index (χ4v) is 2.08. The topological polar surface area (TPSA) is 72.0 Å². The number of aromatic nitrogens is 1. The minimum Gasteiger partial charge on any atom is -0.437 e. The van der Waals surface area contributed by atoms with Gasteiger partial charge < -0.3 is 10.5 Å². The maximum atomic E-state index is 13.4. The van der Waals surface area contributed by atoms with E-state index in [0.717, 1.165) is 6.07 Å². The second-order valence-corrected chi connectivity index (χ2v) is 4.83. The lowest BCUT2D eigenvalue weighted by Gasteiger charge is -2.10. The number of halogens is 3. The Bertz CT molecular complexity index is 651. The van der Waals surface area contributed by atoms with Crippen LogP contribution in [0.1, 0.15) is 5.56 Å². The molecule has 0 spiro atoms. The van der Waals surface area contributed by atoms with E-state index in [1.807, 2.05) is 0 Å². The first-order valence-corrected chi connectivity index (χ1v) is 6.28. The first-order chi connectivity index (χ1) is 8.99. The van der Waals surface area contributed by atoms with Crippen molar-refractivity contribution in [3.05, 3.63) is 51.3 Å². The van der Waals surface area contributed by atoms with Gasteiger partial charge in [-0.2, -0.15) is 0 Å². The molecule has 2 rings (SSSR count). The highest BCUT2D eigenvalue weighted by Gasteiger charge is 2.13. The molecule has 4 nitrogen and oxygen atoms in total. The monoisotopic (exact) mass is 343 g/mol. The molecule has 0 bridgehead atoms. The van der Waals surface area contributed by atoms with Gasteiger partial charge in [-0.05, 0) is 34.1 Å². The summed E-state index contributed by atoms with van der Waals surface area (Å²) in [6, 6.07) is 5.72. The normalized spacial score (nSPS) is 10.3. The lowest BCUT2D eigenvalue weighted by Crippen LogP contribution is -2.12. The molecule has 3 N–H and O–H groups in total. The molecule has 0 fully saturated rings. The van der Waals surface area contributed by atoms with Gasteiger partial charge in [-0.15, -0.1) is 0 Å². The van der Waals surface area contributed by atoms with Crippen molar-refractivity contribution in [3.8, 4) is 11.6 Å². The van der Waals surface area contributed by atoms with Gasteiger partial charge >= 0.3 is 0 Å². The van der Waals surface area contributed by atoms with Crippen molar-refractivity contribution in [1.29, 1.82) is 5.41 Å². The molecule has 0 aliphatic rings. The Labute approximate surface area is 122 Å². The zero-order valence-corrected chi connectivity index (χ0v) is 11.8. The molecule has 0 amide bonds. The van der Waals surface area contributed by atoms with Gasteiger partial charge in [0.25, 0.3) is 0 Å². The summed E-state index contributed by atoms with van der Waals surface area (Å²) in [6.45, 7) is 0. The van der Waals surface area contributed by atoms with Crippen molar-refractivity contribution in [1.82, 2.24) is 4.98 Å². The van der Waals surface area contributed by atoms with E-state index in [9.17, 15) is 4.39 Å². The summed E-state index contributed by atoms with van der Waals surface area (Å²) in [5.41, 5.74) is 5.74. The van der Waals surface area contributed by atoms with Crippen molar-refractivity contribution in [3.63, 3.8) is 0 Å². The van der Waals surface area contributed by atoms with Crippen LogP contribution in [0, 0.1) is 11.2 Å². The summed E-state index contributed by atoms with van der Waals surface area (Å²) in [5.74, 6) is -0.477. The average molecular weight is 345 g/mol. The highest BCUT2D eigenvalue weighted by molar-refractivity contribution is 9.10. The minimum absolute atomic E-state index is 0.0213. The van der Waals surface area contributed by atoms with Crippen LogP contribution in [0.25, 0.3) is 0 Å². The van der Waals surface area contributed by atoms with Crippen LogP contribution in [-0.2, 0) is 0 Å². The fraction of sp³-hybridized carbons (Fsp3) is 0. The van der Waals surface area contributed by atoms with Gasteiger partial charge in [0, 0.05) is 12.3 Å². The Morgan fingerprint density at radius 3 is 2.89 bits per heavy atom. The van der Waals surface area contributed by atoms with Gasteiger partial charge in [-0.25, -0.2) is 9.37 Å². The molecular weight excluding hydrogens is 337 g/mol. The van der Waals surface area contributed by atoms with E-state index in [1.54, 1.807) is 12.1 Å². The molecule has 0 saturated heterocycles. The molecule has 7 heteroatoms. The second-order valence-electron chi connectivity index (χ2n) is 3.57. The van der Waals surface area contributed by atoms with Crippen LogP contribution in [0.2, 0.25) is 5.02 Å². The number of nitrogens with two attached hydrogens (primary N) is 1. The Morgan fingerprint density at radius 2 is 2.21 bits per heavy atom. The molecule has 0 unspecified atom stereocenters. The second kappa shape index (κ2) is 5.54. The number of amidine groups is 1. The Morgan fingerprint density at radius 1 is 1.47 bits per heavy atom. The number of rotatable bonds is 3. The van der Waals surface area contributed by atoms with Crippen LogP contribution in [-0.4, -0.2) is 10.8 Å². The van der Waals surface area contributed by atoms with Crippen molar-refractivity contribution in [2.24, 2.45) is 5.73 Å². The quantitative estimate of drug-likeness (QED) is 0.506. The van der Waals surface area contributed by atoms with Gasteiger partial charge in [0.05, 0.1) is 15.1 Å². The third kappa shape index (κ3) is 3.02. The summed E-state index contributed by atoms with van der Waals surface area (Å²) < 4.78 is 19.3. The summed E-state index contributed by atoms with van der Waals surface area (Å²) in [4.78, 5) is 3.97. The van der Waals surface area contributed by atoms with Crippen LogP contribution in [0.3, 0.4) is 0 Å². The third-order valence-electron chi connectivity index (χ3n) is 2.24. The fourth-order valence-electron chi connectivity index (χ4n) is 1.36. The molecule has 98 valence electrons. The molecule has 0 aliphatic heterocycles. The van der Waals surface area contributed by atoms with E-state index < -0.39 is 5.82 Å². The number of nitrogen functional groups attached to an aromatic ring is 1. The highest BCUT2D eigenvalue weighted by Crippen LogP contribution is 2.33. The predicted molar refractivity (Wildman–Crippen MR) is 74.4 cm³/mol. The number of pyridine rings is 1. The van der Waals surface area contributed by atoms with Gasteiger partial charge in [-0.1, -0.05) is 11.6 Å². The summed E-state index contributed by atoms with van der Waals surface area (Å²) in [6.07, 6.45) is 1.49. The molecule has 0 aliphatic carbocycles.